The van der Waals surface area contributed by atoms with Crippen LogP contribution in [-0.2, 0) is 4.79 Å². The molecule has 0 radical (unpaired) electrons. The second kappa shape index (κ2) is 7.80. The van der Waals surface area contributed by atoms with Crippen LogP contribution in [0.3, 0.4) is 0 Å². The van der Waals surface area contributed by atoms with Crippen LogP contribution in [0.2, 0.25) is 0 Å². The topological polar surface area (TPSA) is 88.0 Å². The van der Waals surface area contributed by atoms with Gasteiger partial charge in [0.25, 0.3) is 0 Å². The summed E-state index contributed by atoms with van der Waals surface area (Å²) in [6.07, 6.45) is 4.58. The number of aliphatic hydroxyl groups excluding tert-OH is 1. The zero-order valence-corrected chi connectivity index (χ0v) is 16.1. The van der Waals surface area contributed by atoms with Gasteiger partial charge < -0.3 is 10.4 Å². The summed E-state index contributed by atoms with van der Waals surface area (Å²) < 4.78 is 0. The van der Waals surface area contributed by atoms with Crippen LogP contribution in [0.15, 0.2) is 30.6 Å². The first-order chi connectivity index (χ1) is 12.9. The quantitative estimate of drug-likeness (QED) is 0.711. The number of carbonyl (C=O) groups is 1. The van der Waals surface area contributed by atoms with Crippen molar-refractivity contribution in [2.45, 2.75) is 46.6 Å². The van der Waals surface area contributed by atoms with Gasteiger partial charge in [0.1, 0.15) is 5.82 Å². The van der Waals surface area contributed by atoms with Crippen molar-refractivity contribution >= 4 is 22.5 Å². The molecule has 27 heavy (non-hydrogen) atoms. The summed E-state index contributed by atoms with van der Waals surface area (Å²) in [5.41, 5.74) is 4.31. The lowest BCUT2D eigenvalue weighted by atomic mass is 10.0. The van der Waals surface area contributed by atoms with Gasteiger partial charge >= 0.3 is 0 Å². The number of nitrogens with zero attached hydrogens (tertiary/aromatic N) is 3. The van der Waals surface area contributed by atoms with E-state index in [-0.39, 0.29) is 5.91 Å². The molecule has 0 aliphatic rings. The molecule has 0 spiro atoms. The third kappa shape index (κ3) is 4.11. The van der Waals surface area contributed by atoms with Gasteiger partial charge in [-0.1, -0.05) is 13.3 Å². The summed E-state index contributed by atoms with van der Waals surface area (Å²) in [7, 11) is 0. The fraction of sp³-hybridized carbons (Fsp3) is 0.333. The van der Waals surface area contributed by atoms with Gasteiger partial charge in [0.2, 0.25) is 5.91 Å². The Morgan fingerprint density at radius 2 is 1.96 bits per heavy atom. The van der Waals surface area contributed by atoms with Crippen LogP contribution in [0.25, 0.3) is 22.0 Å². The molecule has 1 atom stereocenters. The van der Waals surface area contributed by atoms with Crippen molar-refractivity contribution in [2.24, 2.45) is 0 Å². The maximum Gasteiger partial charge on any atom is 0.222 e. The Kier molecular flexibility index (Phi) is 5.46. The minimum Gasteiger partial charge on any atom is -0.387 e. The number of hydrogen-bond acceptors (Lipinski definition) is 5. The highest BCUT2D eigenvalue weighted by Crippen LogP contribution is 2.29. The predicted octanol–water partition coefficient (Wildman–Crippen LogP) is 4.10. The van der Waals surface area contributed by atoms with Crippen LogP contribution in [-0.4, -0.2) is 26.0 Å². The van der Waals surface area contributed by atoms with E-state index in [1.807, 2.05) is 39.0 Å². The van der Waals surface area contributed by atoms with Gasteiger partial charge in [0.05, 0.1) is 17.5 Å². The standard InChI is InChI=1S/C21H24N4O2/c1-5-6-20(27)19-7-12(2)17(11-22-19)18-8-15-10-23-21(25-14(4)26)9-16(15)13(3)24-18/h7-11,20,27H,5-6H2,1-4H3,(H,23,25,26)/t20-/m0/s1. The van der Waals surface area contributed by atoms with Crippen LogP contribution < -0.4 is 5.32 Å². The Labute approximate surface area is 158 Å². The minimum atomic E-state index is -0.537. The lowest BCUT2D eigenvalue weighted by Gasteiger charge is -2.13. The van der Waals surface area contributed by atoms with Crippen molar-refractivity contribution in [1.29, 1.82) is 0 Å². The molecule has 6 nitrogen and oxygen atoms in total. The Balaban J connectivity index is 2.01. The second-order valence-corrected chi connectivity index (χ2v) is 6.79. The number of anilines is 1. The molecule has 0 aliphatic carbocycles. The van der Waals surface area contributed by atoms with Crippen molar-refractivity contribution in [3.8, 4) is 11.3 Å². The van der Waals surface area contributed by atoms with Gasteiger partial charge in [0.15, 0.2) is 0 Å². The third-order valence-corrected chi connectivity index (χ3v) is 4.52. The molecular formula is C21H24N4O2. The van der Waals surface area contributed by atoms with Gasteiger partial charge in [-0.3, -0.25) is 14.8 Å². The van der Waals surface area contributed by atoms with Gasteiger partial charge in [0, 0.05) is 41.3 Å². The molecule has 3 aromatic heterocycles. The van der Waals surface area contributed by atoms with Crippen LogP contribution in [0.4, 0.5) is 5.82 Å². The van der Waals surface area contributed by atoms with Gasteiger partial charge in [-0.2, -0.15) is 0 Å². The number of pyridine rings is 3. The molecule has 0 unspecified atom stereocenters. The maximum atomic E-state index is 11.2. The normalized spacial score (nSPS) is 12.2. The molecule has 3 rings (SSSR count). The van der Waals surface area contributed by atoms with E-state index in [0.717, 1.165) is 39.7 Å². The molecule has 0 saturated carbocycles. The zero-order valence-electron chi connectivity index (χ0n) is 16.1. The van der Waals surface area contributed by atoms with Crippen molar-refractivity contribution in [2.75, 3.05) is 5.32 Å². The molecule has 3 aromatic rings. The van der Waals surface area contributed by atoms with Crippen molar-refractivity contribution in [1.82, 2.24) is 15.0 Å². The van der Waals surface area contributed by atoms with Crippen molar-refractivity contribution in [3.63, 3.8) is 0 Å². The van der Waals surface area contributed by atoms with Crippen LogP contribution in [0.5, 0.6) is 0 Å². The monoisotopic (exact) mass is 364 g/mol. The van der Waals surface area contributed by atoms with E-state index in [4.69, 9.17) is 4.98 Å². The summed E-state index contributed by atoms with van der Waals surface area (Å²) in [6.45, 7) is 7.43. The molecule has 0 bridgehead atoms. The molecule has 1 amide bonds. The van der Waals surface area contributed by atoms with Gasteiger partial charge in [-0.15, -0.1) is 0 Å². The van der Waals surface area contributed by atoms with E-state index in [0.29, 0.717) is 17.9 Å². The molecule has 0 fully saturated rings. The molecule has 0 aromatic carbocycles. The first-order valence-electron chi connectivity index (χ1n) is 9.09. The average Bonchev–Trinajstić information content (AvgIpc) is 2.61. The van der Waals surface area contributed by atoms with Crippen molar-refractivity contribution in [3.05, 3.63) is 47.5 Å². The summed E-state index contributed by atoms with van der Waals surface area (Å²) in [5.74, 6) is 0.357. The highest BCUT2D eigenvalue weighted by molar-refractivity contribution is 5.93. The maximum absolute atomic E-state index is 11.2. The average molecular weight is 364 g/mol. The Hall–Kier alpha value is -2.86. The first kappa shape index (κ1) is 18.9. The van der Waals surface area contributed by atoms with Crippen LogP contribution >= 0.6 is 0 Å². The second-order valence-electron chi connectivity index (χ2n) is 6.79. The Morgan fingerprint density at radius 1 is 1.19 bits per heavy atom. The summed E-state index contributed by atoms with van der Waals surface area (Å²) in [5, 5.41) is 14.7. The molecule has 0 saturated heterocycles. The van der Waals surface area contributed by atoms with E-state index < -0.39 is 6.10 Å². The van der Waals surface area contributed by atoms with Crippen LogP contribution in [0.1, 0.15) is 49.7 Å². The van der Waals surface area contributed by atoms with E-state index in [1.54, 1.807) is 12.4 Å². The van der Waals surface area contributed by atoms with Gasteiger partial charge in [-0.05, 0) is 44.0 Å². The summed E-state index contributed by atoms with van der Waals surface area (Å²) >= 11 is 0. The predicted molar refractivity (Wildman–Crippen MR) is 106 cm³/mol. The van der Waals surface area contributed by atoms with E-state index in [2.05, 4.69) is 15.3 Å². The fourth-order valence-electron chi connectivity index (χ4n) is 3.15. The number of rotatable bonds is 5. The molecule has 140 valence electrons. The van der Waals surface area contributed by atoms with Crippen LogP contribution in [0, 0.1) is 13.8 Å². The number of fused-ring (bicyclic) bond motifs is 1. The highest BCUT2D eigenvalue weighted by atomic mass is 16.3. The first-order valence-corrected chi connectivity index (χ1v) is 9.09. The SMILES string of the molecule is CCC[C@H](O)c1cc(C)c(-c2cc3cnc(NC(C)=O)cc3c(C)n2)cn1. The number of amides is 1. The number of aryl methyl sites for hydroxylation is 2. The Bertz CT molecular complexity index is 1000. The largest absolute Gasteiger partial charge is 0.387 e. The summed E-state index contributed by atoms with van der Waals surface area (Å²) in [4.78, 5) is 24.7. The molecular weight excluding hydrogens is 340 g/mol. The molecule has 6 heteroatoms. The van der Waals surface area contributed by atoms with Crippen molar-refractivity contribution < 1.29 is 9.90 Å². The molecule has 3 heterocycles. The molecule has 0 aliphatic heterocycles. The lowest BCUT2D eigenvalue weighted by Crippen LogP contribution is -2.07. The van der Waals surface area contributed by atoms with E-state index >= 15 is 0 Å². The number of nitrogens with one attached hydrogen (secondary N) is 1. The highest BCUT2D eigenvalue weighted by Gasteiger charge is 2.13. The Morgan fingerprint density at radius 3 is 2.63 bits per heavy atom. The number of carbonyl (C=O) groups excluding carboxylic acids is 1. The van der Waals surface area contributed by atoms with E-state index in [9.17, 15) is 9.90 Å². The number of aliphatic hydroxyl groups is 1. The molecule has 2 N–H and O–H groups in total. The van der Waals surface area contributed by atoms with E-state index in [1.165, 1.54) is 6.92 Å². The zero-order chi connectivity index (χ0) is 19.6. The number of aromatic nitrogens is 3. The lowest BCUT2D eigenvalue weighted by molar-refractivity contribution is -0.114. The fourth-order valence-corrected chi connectivity index (χ4v) is 3.15. The third-order valence-electron chi connectivity index (χ3n) is 4.52. The summed E-state index contributed by atoms with van der Waals surface area (Å²) in [6, 6.07) is 5.73. The number of hydrogen-bond donors (Lipinski definition) is 2. The minimum absolute atomic E-state index is 0.156. The van der Waals surface area contributed by atoms with Gasteiger partial charge in [-0.25, -0.2) is 4.98 Å². The smallest absolute Gasteiger partial charge is 0.222 e.